The van der Waals surface area contributed by atoms with Gasteiger partial charge >= 0.3 is 0 Å². The van der Waals surface area contributed by atoms with Crippen molar-refractivity contribution >= 4 is 23.3 Å². The van der Waals surface area contributed by atoms with E-state index in [1.165, 1.54) is 0 Å². The average molecular weight is 338 g/mol. The van der Waals surface area contributed by atoms with Crippen LogP contribution in [0.25, 0.3) is 0 Å². The van der Waals surface area contributed by atoms with Crippen molar-refractivity contribution in [2.75, 3.05) is 5.32 Å². The second kappa shape index (κ2) is 5.27. The van der Waals surface area contributed by atoms with Crippen LogP contribution in [0.4, 0.5) is 5.69 Å². The van der Waals surface area contributed by atoms with Crippen molar-refractivity contribution in [3.63, 3.8) is 0 Å². The van der Waals surface area contributed by atoms with Gasteiger partial charge in [-0.05, 0) is 12.1 Å². The number of Topliss-reactive ketones (excluding diaryl/α,β-unsaturated/α-hetero) is 1. The van der Waals surface area contributed by atoms with Gasteiger partial charge in [0.2, 0.25) is 11.8 Å². The molecule has 3 atom stereocenters. The lowest BCUT2D eigenvalue weighted by Crippen LogP contribution is -2.30. The molecule has 2 aromatic rings. The van der Waals surface area contributed by atoms with Crippen LogP contribution in [0.5, 0.6) is 0 Å². The van der Waals surface area contributed by atoms with Crippen LogP contribution in [0, 0.1) is 17.3 Å². The van der Waals surface area contributed by atoms with E-state index in [0.29, 0.717) is 17.1 Å². The SMILES string of the molecule is Cn1ccnc1CNC(=O)[C@@H]1[C@@H]2C(=O)Nc3ccccc3C(=O)[C@]12C. The molecule has 4 rings (SSSR count). The zero-order valence-corrected chi connectivity index (χ0v) is 13.9. The van der Waals surface area contributed by atoms with Crippen LogP contribution in [0.1, 0.15) is 23.1 Å². The van der Waals surface area contributed by atoms with E-state index < -0.39 is 17.3 Å². The van der Waals surface area contributed by atoms with E-state index in [-0.39, 0.29) is 24.1 Å². The van der Waals surface area contributed by atoms with Gasteiger partial charge < -0.3 is 15.2 Å². The summed E-state index contributed by atoms with van der Waals surface area (Å²) in [5, 5.41) is 5.58. The first-order valence-corrected chi connectivity index (χ1v) is 8.13. The predicted octanol–water partition coefficient (Wildman–Crippen LogP) is 1.12. The third-order valence-corrected chi connectivity index (χ3v) is 5.34. The number of nitrogens with one attached hydrogen (secondary N) is 2. The van der Waals surface area contributed by atoms with E-state index in [0.717, 1.165) is 0 Å². The Balaban J connectivity index is 1.57. The number of nitrogens with zero attached hydrogens (tertiary/aromatic N) is 2. The zero-order chi connectivity index (χ0) is 17.8. The number of fused-ring (bicyclic) bond motifs is 2. The molecule has 0 spiro atoms. The molecule has 7 heteroatoms. The Labute approximate surface area is 144 Å². The Morgan fingerprint density at radius 2 is 2.12 bits per heavy atom. The molecule has 0 radical (unpaired) electrons. The van der Waals surface area contributed by atoms with Crippen molar-refractivity contribution in [3.8, 4) is 0 Å². The van der Waals surface area contributed by atoms with E-state index in [2.05, 4.69) is 15.6 Å². The fourth-order valence-corrected chi connectivity index (χ4v) is 3.78. The normalized spacial score (nSPS) is 27.0. The molecule has 1 aromatic heterocycles. The zero-order valence-electron chi connectivity index (χ0n) is 13.9. The van der Waals surface area contributed by atoms with E-state index in [1.54, 1.807) is 48.1 Å². The lowest BCUT2D eigenvalue weighted by molar-refractivity contribution is -0.125. The maximum Gasteiger partial charge on any atom is 0.229 e. The quantitative estimate of drug-likeness (QED) is 0.877. The van der Waals surface area contributed by atoms with Gasteiger partial charge in [-0.2, -0.15) is 0 Å². The number of rotatable bonds is 3. The van der Waals surface area contributed by atoms with Crippen molar-refractivity contribution < 1.29 is 14.4 Å². The molecule has 25 heavy (non-hydrogen) atoms. The minimum absolute atomic E-state index is 0.163. The number of ketones is 1. The lowest BCUT2D eigenvalue weighted by Gasteiger charge is -2.12. The van der Waals surface area contributed by atoms with Crippen LogP contribution in [-0.2, 0) is 23.2 Å². The van der Waals surface area contributed by atoms with Gasteiger partial charge in [-0.1, -0.05) is 19.1 Å². The maximum atomic E-state index is 13.0. The summed E-state index contributed by atoms with van der Waals surface area (Å²) in [4.78, 5) is 42.2. The van der Waals surface area contributed by atoms with Gasteiger partial charge in [-0.25, -0.2) is 4.98 Å². The molecule has 2 heterocycles. The third-order valence-electron chi connectivity index (χ3n) is 5.34. The van der Waals surface area contributed by atoms with E-state index in [4.69, 9.17) is 0 Å². The molecule has 2 aliphatic rings. The maximum absolute atomic E-state index is 13.0. The van der Waals surface area contributed by atoms with E-state index >= 15 is 0 Å². The number of aryl methyl sites for hydroxylation is 1. The molecule has 1 aliphatic carbocycles. The molecular formula is C18H18N4O3. The minimum atomic E-state index is -0.998. The molecule has 0 bridgehead atoms. The van der Waals surface area contributed by atoms with Gasteiger partial charge in [0.25, 0.3) is 0 Å². The first-order chi connectivity index (χ1) is 11.9. The van der Waals surface area contributed by atoms with Crippen molar-refractivity contribution in [2.24, 2.45) is 24.3 Å². The minimum Gasteiger partial charge on any atom is -0.349 e. The number of hydrogen-bond donors (Lipinski definition) is 2. The summed E-state index contributed by atoms with van der Waals surface area (Å²) in [7, 11) is 1.84. The Morgan fingerprint density at radius 1 is 1.36 bits per heavy atom. The van der Waals surface area contributed by atoms with Crippen LogP contribution >= 0.6 is 0 Å². The van der Waals surface area contributed by atoms with Gasteiger partial charge in [0.05, 0.1) is 29.5 Å². The van der Waals surface area contributed by atoms with Gasteiger partial charge in [-0.3, -0.25) is 14.4 Å². The molecule has 1 fully saturated rings. The number of amides is 2. The standard InChI is InChI=1S/C18H18N4O3/c1-18-13(16(24)20-9-12-19-7-8-22(12)2)14(18)17(25)21-11-6-4-3-5-10(11)15(18)23/h3-8,13-14H,9H2,1-2H3,(H,20,24)(H,21,25)/t13-,14+,18+/m0/s1. The highest BCUT2D eigenvalue weighted by molar-refractivity contribution is 6.19. The Bertz CT molecular complexity index is 903. The first kappa shape index (κ1) is 15.6. The second-order valence-electron chi connectivity index (χ2n) is 6.77. The topological polar surface area (TPSA) is 93.1 Å². The molecular weight excluding hydrogens is 320 g/mol. The van der Waals surface area contributed by atoms with Crippen LogP contribution in [0.15, 0.2) is 36.7 Å². The van der Waals surface area contributed by atoms with Crippen LogP contribution < -0.4 is 10.6 Å². The molecule has 1 aromatic carbocycles. The second-order valence-corrected chi connectivity index (χ2v) is 6.77. The van der Waals surface area contributed by atoms with Gasteiger partial charge in [0.15, 0.2) is 5.78 Å². The number of hydrogen-bond acceptors (Lipinski definition) is 4. The Morgan fingerprint density at radius 3 is 2.84 bits per heavy atom. The molecule has 1 saturated carbocycles. The highest BCUT2D eigenvalue weighted by Gasteiger charge is 2.73. The van der Waals surface area contributed by atoms with E-state index in [9.17, 15) is 14.4 Å². The summed E-state index contributed by atoms with van der Waals surface area (Å²) >= 11 is 0. The highest BCUT2D eigenvalue weighted by Crippen LogP contribution is 2.62. The van der Waals surface area contributed by atoms with Crippen molar-refractivity contribution in [3.05, 3.63) is 48.0 Å². The lowest BCUT2D eigenvalue weighted by atomic mass is 9.92. The van der Waals surface area contributed by atoms with Crippen molar-refractivity contribution in [1.82, 2.24) is 14.9 Å². The fourth-order valence-electron chi connectivity index (χ4n) is 3.78. The largest absolute Gasteiger partial charge is 0.349 e. The van der Waals surface area contributed by atoms with Gasteiger partial charge in [0, 0.05) is 25.0 Å². The molecule has 2 amide bonds. The summed E-state index contributed by atoms with van der Waals surface area (Å²) < 4.78 is 1.81. The number of imidazole rings is 1. The number of para-hydroxylation sites is 1. The van der Waals surface area contributed by atoms with Crippen LogP contribution in [-0.4, -0.2) is 27.1 Å². The molecule has 0 saturated heterocycles. The summed E-state index contributed by atoms with van der Waals surface area (Å²) in [5.74, 6) is -1.33. The summed E-state index contributed by atoms with van der Waals surface area (Å²) in [6, 6.07) is 6.91. The molecule has 1 aliphatic heterocycles. The number of benzene rings is 1. The molecule has 7 nitrogen and oxygen atoms in total. The van der Waals surface area contributed by atoms with Crippen LogP contribution in [0.3, 0.4) is 0 Å². The first-order valence-electron chi connectivity index (χ1n) is 8.13. The summed E-state index contributed by atoms with van der Waals surface area (Å²) in [5.41, 5.74) is -0.0269. The highest BCUT2D eigenvalue weighted by atomic mass is 16.2. The predicted molar refractivity (Wildman–Crippen MR) is 89.5 cm³/mol. The van der Waals surface area contributed by atoms with E-state index in [1.807, 2.05) is 7.05 Å². The molecule has 2 N–H and O–H groups in total. The number of carbonyl (C=O) groups is 3. The summed E-state index contributed by atoms with van der Waals surface area (Å²) in [6.07, 6.45) is 3.44. The summed E-state index contributed by atoms with van der Waals surface area (Å²) in [6.45, 7) is 1.96. The monoisotopic (exact) mass is 338 g/mol. The average Bonchev–Trinajstić information content (AvgIpc) is 3.06. The molecule has 128 valence electrons. The van der Waals surface area contributed by atoms with Crippen molar-refractivity contribution in [1.29, 1.82) is 0 Å². The fraction of sp³-hybridized carbons (Fsp3) is 0.333. The molecule has 0 unspecified atom stereocenters. The van der Waals surface area contributed by atoms with Gasteiger partial charge in [0.1, 0.15) is 5.82 Å². The smallest absolute Gasteiger partial charge is 0.229 e. The number of carbonyl (C=O) groups excluding carboxylic acids is 3. The Hall–Kier alpha value is -2.96. The van der Waals surface area contributed by atoms with Crippen LogP contribution in [0.2, 0.25) is 0 Å². The number of aromatic nitrogens is 2. The Kier molecular flexibility index (Phi) is 3.28. The third kappa shape index (κ3) is 2.19. The number of anilines is 1. The van der Waals surface area contributed by atoms with Crippen molar-refractivity contribution in [2.45, 2.75) is 13.5 Å². The van der Waals surface area contributed by atoms with Gasteiger partial charge in [-0.15, -0.1) is 0 Å².